The smallest absolute Gasteiger partial charge is 0.481 e. The Labute approximate surface area is 112 Å². The fraction of sp³-hybridized carbons (Fsp3) is 0.455. The molecule has 1 aromatic heterocycles. The van der Waals surface area contributed by atoms with Gasteiger partial charge in [-0.3, -0.25) is 0 Å². The molecule has 2 N–H and O–H groups in total. The van der Waals surface area contributed by atoms with Crippen LogP contribution in [0, 0.1) is 0 Å². The van der Waals surface area contributed by atoms with Crippen LogP contribution in [0.2, 0.25) is 0 Å². The fourth-order valence-electron chi connectivity index (χ4n) is 1.43. The minimum atomic E-state index is -4.97. The molecule has 0 atom stereocenters. The zero-order valence-corrected chi connectivity index (χ0v) is 10.8. The van der Waals surface area contributed by atoms with Gasteiger partial charge >= 0.3 is 12.3 Å². The molecular formula is C11H13F3N2O4. The minimum absolute atomic E-state index is 0.0136. The molecule has 1 aromatic rings. The van der Waals surface area contributed by atoms with E-state index in [0.717, 1.165) is 6.07 Å². The van der Waals surface area contributed by atoms with Gasteiger partial charge in [0.25, 0.3) is 0 Å². The van der Waals surface area contributed by atoms with Crippen LogP contribution in [-0.4, -0.2) is 31.0 Å². The fourth-order valence-corrected chi connectivity index (χ4v) is 1.43. The number of ether oxygens (including phenoxy) is 3. The van der Waals surface area contributed by atoms with Crippen molar-refractivity contribution < 1.29 is 32.2 Å². The Bertz CT molecular complexity index is 491. The minimum Gasteiger partial charge on any atom is -0.481 e. The first kappa shape index (κ1) is 16.0. The van der Waals surface area contributed by atoms with Crippen LogP contribution < -0.4 is 15.2 Å². The number of nitrogens with two attached hydrogens (primary N) is 1. The largest absolute Gasteiger partial charge is 0.573 e. The van der Waals surface area contributed by atoms with Crippen molar-refractivity contribution in [1.82, 2.24) is 4.98 Å². The molecule has 112 valence electrons. The van der Waals surface area contributed by atoms with Crippen LogP contribution in [0.3, 0.4) is 0 Å². The van der Waals surface area contributed by atoms with Crippen molar-refractivity contribution in [1.29, 1.82) is 0 Å². The van der Waals surface area contributed by atoms with Gasteiger partial charge in [-0.25, -0.2) is 9.78 Å². The van der Waals surface area contributed by atoms with E-state index in [2.05, 4.69) is 14.5 Å². The van der Waals surface area contributed by atoms with Gasteiger partial charge in [-0.1, -0.05) is 0 Å². The number of methoxy groups -OCH3 is 1. The van der Waals surface area contributed by atoms with Crippen molar-refractivity contribution in [3.63, 3.8) is 0 Å². The van der Waals surface area contributed by atoms with E-state index < -0.39 is 23.6 Å². The van der Waals surface area contributed by atoms with Crippen molar-refractivity contribution in [2.75, 3.05) is 13.7 Å². The highest BCUT2D eigenvalue weighted by Crippen LogP contribution is 2.31. The summed E-state index contributed by atoms with van der Waals surface area (Å²) in [6.45, 7) is 1.22. The van der Waals surface area contributed by atoms with Gasteiger partial charge in [-0.15, -0.1) is 13.2 Å². The van der Waals surface area contributed by atoms with Crippen LogP contribution in [-0.2, 0) is 11.3 Å². The number of carbonyl (C=O) groups excluding carboxylic acids is 1. The number of esters is 1. The number of hydrogen-bond acceptors (Lipinski definition) is 6. The van der Waals surface area contributed by atoms with Gasteiger partial charge in [0, 0.05) is 12.6 Å². The average molecular weight is 294 g/mol. The molecule has 0 aliphatic rings. The molecule has 0 bridgehead atoms. The molecule has 0 unspecified atom stereocenters. The lowest BCUT2D eigenvalue weighted by Gasteiger charge is -2.15. The third-order valence-electron chi connectivity index (χ3n) is 2.14. The second-order valence-corrected chi connectivity index (χ2v) is 3.46. The van der Waals surface area contributed by atoms with Crippen LogP contribution >= 0.6 is 0 Å². The molecule has 0 aliphatic carbocycles. The topological polar surface area (TPSA) is 83.7 Å². The molecule has 6 nitrogen and oxygen atoms in total. The van der Waals surface area contributed by atoms with Gasteiger partial charge in [0.2, 0.25) is 5.88 Å². The zero-order valence-electron chi connectivity index (χ0n) is 10.8. The Morgan fingerprint density at radius 2 is 2.10 bits per heavy atom. The number of halogens is 3. The standard InChI is InChI=1S/C11H13F3N2O4/c1-3-19-10(17)9-6(5-15)16-8(18-2)4-7(9)20-11(12,13)14/h4H,3,5,15H2,1-2H3. The molecular weight excluding hydrogens is 281 g/mol. The second kappa shape index (κ2) is 6.42. The van der Waals surface area contributed by atoms with Crippen molar-refractivity contribution in [2.24, 2.45) is 5.73 Å². The number of hydrogen-bond donors (Lipinski definition) is 1. The van der Waals surface area contributed by atoms with E-state index in [4.69, 9.17) is 10.5 Å². The Morgan fingerprint density at radius 3 is 2.55 bits per heavy atom. The third kappa shape index (κ3) is 3.98. The maximum absolute atomic E-state index is 12.4. The summed E-state index contributed by atoms with van der Waals surface area (Å²) in [5.74, 6) is -1.91. The SMILES string of the molecule is CCOC(=O)c1c(OC(F)(F)F)cc(OC)nc1CN. The maximum atomic E-state index is 12.4. The number of aromatic nitrogens is 1. The lowest BCUT2D eigenvalue weighted by atomic mass is 10.1. The predicted molar refractivity (Wildman–Crippen MR) is 61.3 cm³/mol. The van der Waals surface area contributed by atoms with E-state index in [0.29, 0.717) is 0 Å². The van der Waals surface area contributed by atoms with Crippen LogP contribution in [0.15, 0.2) is 6.07 Å². The summed E-state index contributed by atoms with van der Waals surface area (Å²) < 4.78 is 50.4. The monoisotopic (exact) mass is 294 g/mol. The highest BCUT2D eigenvalue weighted by atomic mass is 19.4. The molecule has 9 heteroatoms. The summed E-state index contributed by atoms with van der Waals surface area (Å²) >= 11 is 0. The molecule has 0 radical (unpaired) electrons. The van der Waals surface area contributed by atoms with Gasteiger partial charge in [-0.2, -0.15) is 0 Å². The number of pyridine rings is 1. The number of alkyl halides is 3. The Kier molecular flexibility index (Phi) is 5.14. The van der Waals surface area contributed by atoms with E-state index in [1.54, 1.807) is 0 Å². The number of nitrogens with zero attached hydrogens (tertiary/aromatic N) is 1. The van der Waals surface area contributed by atoms with Gasteiger partial charge in [0.05, 0.1) is 19.4 Å². The quantitative estimate of drug-likeness (QED) is 0.831. The summed E-state index contributed by atoms with van der Waals surface area (Å²) in [4.78, 5) is 15.5. The normalized spacial score (nSPS) is 11.1. The molecule has 0 aliphatic heterocycles. The summed E-state index contributed by atoms with van der Waals surface area (Å²) in [6, 6.07) is 0.846. The Morgan fingerprint density at radius 1 is 1.45 bits per heavy atom. The first-order chi connectivity index (χ1) is 9.32. The van der Waals surface area contributed by atoms with Crippen molar-refractivity contribution in [2.45, 2.75) is 19.8 Å². The maximum Gasteiger partial charge on any atom is 0.573 e. The molecule has 1 rings (SSSR count). The lowest BCUT2D eigenvalue weighted by Crippen LogP contribution is -2.22. The zero-order chi connectivity index (χ0) is 15.3. The van der Waals surface area contributed by atoms with Crippen LogP contribution in [0.25, 0.3) is 0 Å². The van der Waals surface area contributed by atoms with Crippen LogP contribution in [0.4, 0.5) is 13.2 Å². The first-order valence-electron chi connectivity index (χ1n) is 5.53. The average Bonchev–Trinajstić information content (AvgIpc) is 2.35. The van der Waals surface area contributed by atoms with Crippen LogP contribution in [0.1, 0.15) is 23.0 Å². The molecule has 0 saturated heterocycles. The summed E-state index contributed by atoms with van der Waals surface area (Å²) in [6.07, 6.45) is -4.97. The molecule has 0 fully saturated rings. The Balaban J connectivity index is 3.38. The lowest BCUT2D eigenvalue weighted by molar-refractivity contribution is -0.274. The van der Waals surface area contributed by atoms with E-state index in [-0.39, 0.29) is 24.7 Å². The molecule has 20 heavy (non-hydrogen) atoms. The number of carbonyl (C=O) groups is 1. The van der Waals surface area contributed by atoms with Gasteiger partial charge < -0.3 is 19.9 Å². The van der Waals surface area contributed by atoms with Gasteiger partial charge in [0.1, 0.15) is 5.56 Å². The molecule has 0 aromatic carbocycles. The summed E-state index contributed by atoms with van der Waals surface area (Å²) in [5, 5.41) is 0. The van der Waals surface area contributed by atoms with Crippen molar-refractivity contribution in [3.05, 3.63) is 17.3 Å². The third-order valence-corrected chi connectivity index (χ3v) is 2.14. The molecule has 0 spiro atoms. The molecule has 1 heterocycles. The van der Waals surface area contributed by atoms with E-state index in [9.17, 15) is 18.0 Å². The second-order valence-electron chi connectivity index (χ2n) is 3.46. The molecule has 0 saturated carbocycles. The predicted octanol–water partition coefficient (Wildman–Crippen LogP) is 1.62. The highest BCUT2D eigenvalue weighted by molar-refractivity contribution is 5.94. The Hall–Kier alpha value is -2.03. The van der Waals surface area contributed by atoms with Crippen molar-refractivity contribution in [3.8, 4) is 11.6 Å². The number of rotatable bonds is 5. The molecule has 0 amide bonds. The van der Waals surface area contributed by atoms with Gasteiger partial charge in [-0.05, 0) is 6.92 Å². The first-order valence-corrected chi connectivity index (χ1v) is 5.53. The summed E-state index contributed by atoms with van der Waals surface area (Å²) in [5.41, 5.74) is 4.80. The van der Waals surface area contributed by atoms with E-state index >= 15 is 0 Å². The van der Waals surface area contributed by atoms with Crippen LogP contribution in [0.5, 0.6) is 11.6 Å². The van der Waals surface area contributed by atoms with Crippen molar-refractivity contribution >= 4 is 5.97 Å². The highest BCUT2D eigenvalue weighted by Gasteiger charge is 2.34. The van der Waals surface area contributed by atoms with E-state index in [1.165, 1.54) is 14.0 Å². The van der Waals surface area contributed by atoms with E-state index in [1.807, 2.05) is 0 Å². The van der Waals surface area contributed by atoms with Gasteiger partial charge in [0.15, 0.2) is 5.75 Å². The summed E-state index contributed by atoms with van der Waals surface area (Å²) in [7, 11) is 1.21.